The predicted molar refractivity (Wildman–Crippen MR) is 86.0 cm³/mol. The monoisotopic (exact) mass is 279 g/mol. The van der Waals surface area contributed by atoms with Crippen LogP contribution in [0.15, 0.2) is 43.0 Å². The minimum Gasteiger partial charge on any atom is -0.373 e. The first-order valence-electron chi connectivity index (χ1n) is 6.95. The van der Waals surface area contributed by atoms with Crippen LogP contribution in [-0.2, 0) is 6.42 Å². The number of hydrogen-bond donors (Lipinski definition) is 2. The van der Waals surface area contributed by atoms with Gasteiger partial charge in [0.15, 0.2) is 0 Å². The number of rotatable bonds is 4. The van der Waals surface area contributed by atoms with Crippen molar-refractivity contribution in [1.29, 1.82) is 0 Å². The van der Waals surface area contributed by atoms with Crippen LogP contribution in [0.4, 0.5) is 17.3 Å². The van der Waals surface area contributed by atoms with Crippen LogP contribution >= 0.6 is 0 Å². The van der Waals surface area contributed by atoms with Crippen molar-refractivity contribution in [1.82, 2.24) is 15.0 Å². The standard InChI is InChI=1S/C16H17N5/c1-3-12-15(17-2)19-10-20-16(12)21-14-6-4-5-11-9-18-8-7-13(11)14/h4-10H,3H2,1-2H3,(H2,17,19,20,21). The molecule has 0 aliphatic carbocycles. The smallest absolute Gasteiger partial charge is 0.139 e. The normalized spacial score (nSPS) is 10.6. The Kier molecular flexibility index (Phi) is 3.64. The van der Waals surface area contributed by atoms with Crippen LogP contribution in [0.25, 0.3) is 10.8 Å². The minimum absolute atomic E-state index is 0.834. The average molecular weight is 279 g/mol. The fourth-order valence-corrected chi connectivity index (χ4v) is 2.43. The molecule has 3 rings (SSSR count). The molecule has 0 bridgehead atoms. The molecule has 2 N–H and O–H groups in total. The van der Waals surface area contributed by atoms with Gasteiger partial charge in [0, 0.05) is 41.5 Å². The number of pyridine rings is 1. The summed E-state index contributed by atoms with van der Waals surface area (Å²) < 4.78 is 0. The van der Waals surface area contributed by atoms with Gasteiger partial charge in [-0.05, 0) is 18.6 Å². The Morgan fingerprint density at radius 2 is 1.95 bits per heavy atom. The van der Waals surface area contributed by atoms with E-state index in [1.165, 1.54) is 0 Å². The average Bonchev–Trinajstić information content (AvgIpc) is 2.55. The van der Waals surface area contributed by atoms with Crippen molar-refractivity contribution < 1.29 is 0 Å². The van der Waals surface area contributed by atoms with Gasteiger partial charge in [0.05, 0.1) is 0 Å². The highest BCUT2D eigenvalue weighted by Gasteiger charge is 2.10. The first-order chi connectivity index (χ1) is 10.3. The molecule has 2 aromatic heterocycles. The van der Waals surface area contributed by atoms with Crippen molar-refractivity contribution in [2.24, 2.45) is 0 Å². The van der Waals surface area contributed by atoms with E-state index in [-0.39, 0.29) is 0 Å². The molecule has 1 aromatic carbocycles. The number of benzene rings is 1. The third-order valence-corrected chi connectivity index (χ3v) is 3.47. The quantitative estimate of drug-likeness (QED) is 0.766. The van der Waals surface area contributed by atoms with Gasteiger partial charge < -0.3 is 10.6 Å². The van der Waals surface area contributed by atoms with E-state index in [0.717, 1.165) is 40.1 Å². The van der Waals surface area contributed by atoms with Gasteiger partial charge in [-0.2, -0.15) is 0 Å². The highest BCUT2D eigenvalue weighted by atomic mass is 15.1. The van der Waals surface area contributed by atoms with E-state index in [2.05, 4.69) is 32.5 Å². The molecule has 0 amide bonds. The molecule has 0 fully saturated rings. The van der Waals surface area contributed by atoms with E-state index in [0.29, 0.717) is 0 Å². The molecule has 0 unspecified atom stereocenters. The van der Waals surface area contributed by atoms with Crippen molar-refractivity contribution in [3.63, 3.8) is 0 Å². The molecule has 106 valence electrons. The van der Waals surface area contributed by atoms with Gasteiger partial charge in [0.1, 0.15) is 18.0 Å². The third-order valence-electron chi connectivity index (χ3n) is 3.47. The zero-order valence-corrected chi connectivity index (χ0v) is 12.1. The maximum Gasteiger partial charge on any atom is 0.139 e. The number of hydrogen-bond acceptors (Lipinski definition) is 5. The van der Waals surface area contributed by atoms with Crippen LogP contribution in [0.5, 0.6) is 0 Å². The number of aromatic nitrogens is 3. The first-order valence-corrected chi connectivity index (χ1v) is 6.95. The lowest BCUT2D eigenvalue weighted by Gasteiger charge is -2.14. The van der Waals surface area contributed by atoms with Gasteiger partial charge in [-0.25, -0.2) is 9.97 Å². The van der Waals surface area contributed by atoms with Gasteiger partial charge in [0.25, 0.3) is 0 Å². The van der Waals surface area contributed by atoms with Crippen molar-refractivity contribution in [2.75, 3.05) is 17.7 Å². The molecule has 0 aliphatic heterocycles. The zero-order valence-electron chi connectivity index (χ0n) is 12.1. The Morgan fingerprint density at radius 3 is 2.76 bits per heavy atom. The van der Waals surface area contributed by atoms with Crippen LogP contribution < -0.4 is 10.6 Å². The summed E-state index contributed by atoms with van der Waals surface area (Å²) in [6.45, 7) is 2.09. The van der Waals surface area contributed by atoms with E-state index in [1.807, 2.05) is 37.5 Å². The van der Waals surface area contributed by atoms with E-state index in [4.69, 9.17) is 0 Å². The second-order valence-corrected chi connectivity index (χ2v) is 4.68. The largest absolute Gasteiger partial charge is 0.373 e. The second-order valence-electron chi connectivity index (χ2n) is 4.68. The zero-order chi connectivity index (χ0) is 14.7. The predicted octanol–water partition coefficient (Wildman–Crippen LogP) is 3.37. The molecule has 0 saturated heterocycles. The molecule has 2 heterocycles. The van der Waals surface area contributed by atoms with Gasteiger partial charge >= 0.3 is 0 Å². The van der Waals surface area contributed by atoms with Crippen molar-refractivity contribution in [2.45, 2.75) is 13.3 Å². The van der Waals surface area contributed by atoms with E-state index in [9.17, 15) is 0 Å². The molecule has 21 heavy (non-hydrogen) atoms. The molecule has 5 nitrogen and oxygen atoms in total. The number of nitrogens with one attached hydrogen (secondary N) is 2. The number of fused-ring (bicyclic) bond motifs is 1. The van der Waals surface area contributed by atoms with E-state index in [1.54, 1.807) is 12.5 Å². The summed E-state index contributed by atoms with van der Waals surface area (Å²) in [5, 5.41) is 8.76. The van der Waals surface area contributed by atoms with E-state index >= 15 is 0 Å². The lowest BCUT2D eigenvalue weighted by atomic mass is 10.1. The maximum atomic E-state index is 4.38. The van der Waals surface area contributed by atoms with Gasteiger partial charge in [-0.15, -0.1) is 0 Å². The minimum atomic E-state index is 0.834. The fourth-order valence-electron chi connectivity index (χ4n) is 2.43. The molecule has 3 aromatic rings. The SMILES string of the molecule is CCc1c(NC)ncnc1Nc1cccc2cnccc12. The molecule has 0 atom stereocenters. The van der Waals surface area contributed by atoms with Crippen LogP contribution in [-0.4, -0.2) is 22.0 Å². The van der Waals surface area contributed by atoms with Crippen molar-refractivity contribution in [3.05, 3.63) is 48.5 Å². The summed E-state index contributed by atoms with van der Waals surface area (Å²) in [4.78, 5) is 12.8. The third kappa shape index (κ3) is 2.50. The molecule has 0 aliphatic rings. The van der Waals surface area contributed by atoms with Gasteiger partial charge in [-0.3, -0.25) is 4.98 Å². The Hall–Kier alpha value is -2.69. The fraction of sp³-hybridized carbons (Fsp3) is 0.188. The highest BCUT2D eigenvalue weighted by molar-refractivity contribution is 5.94. The van der Waals surface area contributed by atoms with Crippen molar-refractivity contribution >= 4 is 28.1 Å². The van der Waals surface area contributed by atoms with Crippen molar-refractivity contribution in [3.8, 4) is 0 Å². The Bertz CT molecular complexity index is 764. The van der Waals surface area contributed by atoms with E-state index < -0.39 is 0 Å². The molecule has 5 heteroatoms. The van der Waals surface area contributed by atoms with Crippen LogP contribution in [0.2, 0.25) is 0 Å². The summed E-state index contributed by atoms with van der Waals surface area (Å²) >= 11 is 0. The first kappa shape index (κ1) is 13.3. The maximum absolute atomic E-state index is 4.38. The lowest BCUT2D eigenvalue weighted by Crippen LogP contribution is -2.05. The molecule has 0 saturated carbocycles. The summed E-state index contributed by atoms with van der Waals surface area (Å²) in [5.74, 6) is 1.69. The van der Waals surface area contributed by atoms with Crippen LogP contribution in [0.3, 0.4) is 0 Å². The summed E-state index contributed by atoms with van der Waals surface area (Å²) in [7, 11) is 1.87. The Labute approximate surface area is 123 Å². The number of anilines is 3. The second kappa shape index (κ2) is 5.75. The summed E-state index contributed by atoms with van der Waals surface area (Å²) in [6, 6.07) is 8.11. The highest BCUT2D eigenvalue weighted by Crippen LogP contribution is 2.28. The Morgan fingerprint density at radius 1 is 1.10 bits per heavy atom. The molecule has 0 radical (unpaired) electrons. The van der Waals surface area contributed by atoms with Gasteiger partial charge in [0.2, 0.25) is 0 Å². The molecular weight excluding hydrogens is 262 g/mol. The lowest BCUT2D eigenvalue weighted by molar-refractivity contribution is 1.05. The summed E-state index contributed by atoms with van der Waals surface area (Å²) in [6.07, 6.45) is 6.08. The summed E-state index contributed by atoms with van der Waals surface area (Å²) in [5.41, 5.74) is 2.09. The van der Waals surface area contributed by atoms with Gasteiger partial charge in [-0.1, -0.05) is 19.1 Å². The topological polar surface area (TPSA) is 62.7 Å². The molecule has 0 spiro atoms. The molecular formula is C16H17N5. The Balaban J connectivity index is 2.07. The van der Waals surface area contributed by atoms with Crippen LogP contribution in [0.1, 0.15) is 12.5 Å². The van der Waals surface area contributed by atoms with Crippen LogP contribution in [0, 0.1) is 0 Å². The number of nitrogens with zero attached hydrogens (tertiary/aromatic N) is 3.